The zero-order chi connectivity index (χ0) is 19.4. The Kier molecular flexibility index (Phi) is 5.73. The highest BCUT2D eigenvalue weighted by molar-refractivity contribution is 7.87. The fraction of sp³-hybridized carbons (Fsp3) is 0.278. The molecule has 0 bridgehead atoms. The van der Waals surface area contributed by atoms with Crippen LogP contribution in [0.5, 0.6) is 5.75 Å². The fourth-order valence-corrected chi connectivity index (χ4v) is 4.32. The maximum Gasteiger partial charge on any atom is 0.282 e. The van der Waals surface area contributed by atoms with Crippen LogP contribution < -0.4 is 10.1 Å². The van der Waals surface area contributed by atoms with Crippen LogP contribution in [0.15, 0.2) is 48.5 Å². The minimum atomic E-state index is -3.82. The summed E-state index contributed by atoms with van der Waals surface area (Å²) >= 11 is 0. The van der Waals surface area contributed by atoms with Crippen molar-refractivity contribution in [2.75, 3.05) is 32.1 Å². The van der Waals surface area contributed by atoms with E-state index in [1.54, 1.807) is 49.6 Å². The molecular formula is C18H20FN3O4S. The lowest BCUT2D eigenvalue weighted by Gasteiger charge is -2.18. The maximum absolute atomic E-state index is 13.8. The summed E-state index contributed by atoms with van der Waals surface area (Å²) in [7, 11) is -2.28. The number of carbonyl (C=O) groups is 1. The molecule has 9 heteroatoms. The van der Waals surface area contributed by atoms with Gasteiger partial charge in [-0.05, 0) is 30.3 Å². The average Bonchev–Trinajstić information content (AvgIpc) is 2.91. The minimum absolute atomic E-state index is 0.0639. The summed E-state index contributed by atoms with van der Waals surface area (Å²) in [5, 5.41) is 2.65. The van der Waals surface area contributed by atoms with Gasteiger partial charge in [0.2, 0.25) is 5.91 Å². The zero-order valence-corrected chi connectivity index (χ0v) is 15.6. The number of anilines is 1. The number of halogens is 1. The molecule has 1 saturated heterocycles. The lowest BCUT2D eigenvalue weighted by molar-refractivity contribution is -0.116. The van der Waals surface area contributed by atoms with E-state index in [2.05, 4.69) is 5.32 Å². The van der Waals surface area contributed by atoms with E-state index < -0.39 is 21.9 Å². The molecule has 3 rings (SSSR count). The van der Waals surface area contributed by atoms with Gasteiger partial charge in [-0.2, -0.15) is 17.0 Å². The van der Waals surface area contributed by atoms with Crippen LogP contribution in [0.1, 0.15) is 5.56 Å². The lowest BCUT2D eigenvalue weighted by Crippen LogP contribution is -2.37. The molecule has 1 amide bonds. The Morgan fingerprint density at radius 3 is 2.44 bits per heavy atom. The number of nitrogens with zero attached hydrogens (tertiary/aromatic N) is 2. The Balaban J connectivity index is 1.62. The van der Waals surface area contributed by atoms with Crippen molar-refractivity contribution < 1.29 is 22.3 Å². The first-order chi connectivity index (χ1) is 12.9. The van der Waals surface area contributed by atoms with Gasteiger partial charge < -0.3 is 10.1 Å². The molecule has 0 spiro atoms. The Hall–Kier alpha value is -2.49. The number of hydrogen-bond donors (Lipinski definition) is 1. The first kappa shape index (κ1) is 19.3. The number of hydrogen-bond acceptors (Lipinski definition) is 4. The quantitative estimate of drug-likeness (QED) is 0.812. The Morgan fingerprint density at radius 1 is 1.11 bits per heavy atom. The van der Waals surface area contributed by atoms with Crippen molar-refractivity contribution in [1.82, 2.24) is 8.61 Å². The highest BCUT2D eigenvalue weighted by Crippen LogP contribution is 2.21. The summed E-state index contributed by atoms with van der Waals surface area (Å²) < 4.78 is 46.3. The number of rotatable bonds is 6. The van der Waals surface area contributed by atoms with E-state index >= 15 is 0 Å². The van der Waals surface area contributed by atoms with Gasteiger partial charge in [-0.15, -0.1) is 0 Å². The highest BCUT2D eigenvalue weighted by atomic mass is 32.2. The van der Waals surface area contributed by atoms with Gasteiger partial charge in [0.1, 0.15) is 11.6 Å². The second kappa shape index (κ2) is 8.03. The van der Waals surface area contributed by atoms with Crippen LogP contribution in [0, 0.1) is 5.82 Å². The van der Waals surface area contributed by atoms with Gasteiger partial charge in [-0.3, -0.25) is 4.79 Å². The van der Waals surface area contributed by atoms with Crippen molar-refractivity contribution in [3.8, 4) is 5.75 Å². The van der Waals surface area contributed by atoms with Crippen LogP contribution in [0.25, 0.3) is 0 Å². The van der Waals surface area contributed by atoms with Crippen LogP contribution in [0.2, 0.25) is 0 Å². The molecule has 0 unspecified atom stereocenters. The first-order valence-corrected chi connectivity index (χ1v) is 9.72. The summed E-state index contributed by atoms with van der Waals surface area (Å²) in [6.07, 6.45) is 0. The van der Waals surface area contributed by atoms with E-state index in [9.17, 15) is 17.6 Å². The molecule has 0 aromatic heterocycles. The van der Waals surface area contributed by atoms with Gasteiger partial charge in [0.15, 0.2) is 0 Å². The van der Waals surface area contributed by atoms with E-state index in [1.807, 2.05) is 0 Å². The van der Waals surface area contributed by atoms with E-state index in [0.29, 0.717) is 17.0 Å². The average molecular weight is 393 g/mol. The fourth-order valence-electron chi connectivity index (χ4n) is 2.79. The molecule has 27 heavy (non-hydrogen) atoms. The zero-order valence-electron chi connectivity index (χ0n) is 14.8. The molecule has 0 radical (unpaired) electrons. The van der Waals surface area contributed by atoms with E-state index in [0.717, 1.165) is 4.31 Å². The molecule has 0 aliphatic carbocycles. The number of methoxy groups -OCH3 is 1. The van der Waals surface area contributed by atoms with Crippen molar-refractivity contribution in [3.63, 3.8) is 0 Å². The number of ether oxygens (including phenoxy) is 1. The highest BCUT2D eigenvalue weighted by Gasteiger charge is 2.37. The smallest absolute Gasteiger partial charge is 0.282 e. The van der Waals surface area contributed by atoms with Crippen molar-refractivity contribution in [1.29, 1.82) is 0 Å². The number of amides is 1. The molecule has 1 aliphatic rings. The molecule has 1 N–H and O–H groups in total. The van der Waals surface area contributed by atoms with Gasteiger partial charge in [0.25, 0.3) is 10.2 Å². The van der Waals surface area contributed by atoms with E-state index in [-0.39, 0.29) is 26.2 Å². The van der Waals surface area contributed by atoms with Gasteiger partial charge >= 0.3 is 0 Å². The molecular weight excluding hydrogens is 373 g/mol. The third-order valence-corrected chi connectivity index (χ3v) is 6.18. The Labute approximate surface area is 157 Å². The van der Waals surface area contributed by atoms with E-state index in [4.69, 9.17) is 4.74 Å². The monoisotopic (exact) mass is 393 g/mol. The van der Waals surface area contributed by atoms with Crippen molar-refractivity contribution in [2.24, 2.45) is 0 Å². The molecule has 1 aliphatic heterocycles. The summed E-state index contributed by atoms with van der Waals surface area (Å²) in [6, 6.07) is 12.8. The van der Waals surface area contributed by atoms with Gasteiger partial charge in [-0.1, -0.05) is 18.2 Å². The SMILES string of the molecule is COc1ccc(NC(=O)CN2CCN(Cc3ccccc3F)S2(=O)=O)cc1. The number of nitrogens with one attached hydrogen (secondary N) is 1. The molecule has 7 nitrogen and oxygen atoms in total. The van der Waals surface area contributed by atoms with Gasteiger partial charge in [0.05, 0.1) is 13.7 Å². The van der Waals surface area contributed by atoms with Crippen molar-refractivity contribution in [3.05, 3.63) is 59.9 Å². The van der Waals surface area contributed by atoms with Crippen LogP contribution in [0.3, 0.4) is 0 Å². The molecule has 144 valence electrons. The summed E-state index contributed by atoms with van der Waals surface area (Å²) in [5.74, 6) is -0.251. The first-order valence-electron chi connectivity index (χ1n) is 8.32. The molecule has 2 aromatic carbocycles. The minimum Gasteiger partial charge on any atom is -0.497 e. The largest absolute Gasteiger partial charge is 0.497 e. The molecule has 1 heterocycles. The standard InChI is InChI=1S/C18H20FN3O4S/c1-26-16-8-6-15(7-9-16)20-18(23)13-22-11-10-21(27(22,24)25)12-14-4-2-3-5-17(14)19/h2-9H,10-13H2,1H3,(H,20,23). The van der Waals surface area contributed by atoms with Gasteiger partial charge in [0, 0.05) is 30.9 Å². The third-order valence-electron chi connectivity index (χ3n) is 4.25. The number of benzene rings is 2. The third kappa shape index (κ3) is 4.44. The van der Waals surface area contributed by atoms with Gasteiger partial charge in [-0.25, -0.2) is 4.39 Å². The van der Waals surface area contributed by atoms with Crippen LogP contribution in [-0.4, -0.2) is 49.7 Å². The second-order valence-corrected chi connectivity index (χ2v) is 7.97. The Bertz CT molecular complexity index is 918. The summed E-state index contributed by atoms with van der Waals surface area (Å²) in [5.41, 5.74) is 0.839. The summed E-state index contributed by atoms with van der Waals surface area (Å²) in [6.45, 7) is 0.00699. The van der Waals surface area contributed by atoms with Crippen LogP contribution in [0.4, 0.5) is 10.1 Å². The predicted molar refractivity (Wildman–Crippen MR) is 98.9 cm³/mol. The summed E-state index contributed by atoms with van der Waals surface area (Å²) in [4.78, 5) is 12.2. The van der Waals surface area contributed by atoms with Crippen LogP contribution >= 0.6 is 0 Å². The molecule has 2 aromatic rings. The lowest BCUT2D eigenvalue weighted by atomic mass is 10.2. The topological polar surface area (TPSA) is 79.0 Å². The molecule has 1 fully saturated rings. The maximum atomic E-state index is 13.8. The molecule has 0 saturated carbocycles. The van der Waals surface area contributed by atoms with Crippen LogP contribution in [-0.2, 0) is 21.5 Å². The second-order valence-electron chi connectivity index (χ2n) is 6.04. The molecule has 0 atom stereocenters. The van der Waals surface area contributed by atoms with Crippen molar-refractivity contribution in [2.45, 2.75) is 6.54 Å². The van der Waals surface area contributed by atoms with E-state index in [1.165, 1.54) is 10.4 Å². The normalized spacial score (nSPS) is 17.0. The van der Waals surface area contributed by atoms with Crippen molar-refractivity contribution >= 4 is 21.8 Å². The predicted octanol–water partition coefficient (Wildman–Crippen LogP) is 1.84. The Morgan fingerprint density at radius 2 is 1.78 bits per heavy atom. The number of carbonyl (C=O) groups excluding carboxylic acids is 1.